The van der Waals surface area contributed by atoms with Gasteiger partial charge in [-0.3, -0.25) is 9.69 Å². The van der Waals surface area contributed by atoms with Gasteiger partial charge in [0.2, 0.25) is 5.91 Å². The van der Waals surface area contributed by atoms with E-state index in [4.69, 9.17) is 0 Å². The predicted molar refractivity (Wildman–Crippen MR) is 88.0 cm³/mol. The number of piperidine rings is 1. The van der Waals surface area contributed by atoms with Gasteiger partial charge < -0.3 is 10.6 Å². The van der Waals surface area contributed by atoms with Crippen molar-refractivity contribution in [3.05, 3.63) is 0 Å². The van der Waals surface area contributed by atoms with Crippen LogP contribution >= 0.6 is 24.8 Å². The minimum absolute atomic E-state index is 0. The number of rotatable bonds is 7. The second kappa shape index (κ2) is 10.7. The maximum absolute atomic E-state index is 11.6. The van der Waals surface area contributed by atoms with Crippen LogP contribution in [0.5, 0.6) is 0 Å². The van der Waals surface area contributed by atoms with Crippen LogP contribution in [-0.2, 0) is 4.79 Å². The van der Waals surface area contributed by atoms with Crippen LogP contribution in [0, 0.1) is 5.92 Å². The molecule has 1 unspecified atom stereocenters. The second-order valence-electron chi connectivity index (χ2n) is 5.81. The highest BCUT2D eigenvalue weighted by molar-refractivity contribution is 5.85. The van der Waals surface area contributed by atoms with E-state index in [9.17, 15) is 4.79 Å². The number of hydrogen-bond acceptors (Lipinski definition) is 3. The van der Waals surface area contributed by atoms with E-state index >= 15 is 0 Å². The van der Waals surface area contributed by atoms with E-state index in [1.165, 1.54) is 38.6 Å². The summed E-state index contributed by atoms with van der Waals surface area (Å²) in [6, 6.07) is 0.684. The normalized spacial score (nSPS) is 22.6. The average Bonchev–Trinajstić information content (AvgIpc) is 3.16. The van der Waals surface area contributed by atoms with Gasteiger partial charge in [-0.1, -0.05) is 6.42 Å². The average molecular weight is 326 g/mol. The van der Waals surface area contributed by atoms with Crippen molar-refractivity contribution in [2.24, 2.45) is 5.92 Å². The van der Waals surface area contributed by atoms with Gasteiger partial charge in [-0.15, -0.1) is 24.8 Å². The Labute approximate surface area is 135 Å². The van der Waals surface area contributed by atoms with Crippen molar-refractivity contribution in [3.8, 4) is 0 Å². The molecule has 1 aliphatic heterocycles. The maximum atomic E-state index is 11.6. The molecule has 0 spiro atoms. The minimum Gasteiger partial charge on any atom is -0.354 e. The van der Waals surface area contributed by atoms with Crippen LogP contribution in [0.25, 0.3) is 0 Å². The largest absolute Gasteiger partial charge is 0.354 e. The summed E-state index contributed by atoms with van der Waals surface area (Å²) >= 11 is 0. The van der Waals surface area contributed by atoms with Crippen LogP contribution in [0.4, 0.5) is 0 Å². The lowest BCUT2D eigenvalue weighted by atomic mass is 10.0. The second-order valence-corrected chi connectivity index (χ2v) is 5.81. The third kappa shape index (κ3) is 7.67. The lowest BCUT2D eigenvalue weighted by Gasteiger charge is -2.33. The standard InChI is InChI=1S/C14H27N3O.2ClH/c1-12-4-2-3-8-17(12)9-7-16-14(18)11-15-10-13-5-6-13;;/h12-13,15H,2-11H2,1H3,(H,16,18);2*1H. The molecule has 1 aliphatic carbocycles. The molecule has 0 aromatic heterocycles. The summed E-state index contributed by atoms with van der Waals surface area (Å²) in [5.74, 6) is 0.979. The van der Waals surface area contributed by atoms with E-state index in [2.05, 4.69) is 22.5 Å². The fraction of sp³-hybridized carbons (Fsp3) is 0.929. The molecule has 1 heterocycles. The highest BCUT2D eigenvalue weighted by Crippen LogP contribution is 2.27. The van der Waals surface area contributed by atoms with Gasteiger partial charge in [0.15, 0.2) is 0 Å². The van der Waals surface area contributed by atoms with Gasteiger partial charge in [-0.2, -0.15) is 0 Å². The van der Waals surface area contributed by atoms with Gasteiger partial charge >= 0.3 is 0 Å². The van der Waals surface area contributed by atoms with Crippen molar-refractivity contribution in [1.29, 1.82) is 0 Å². The Morgan fingerprint density at radius 3 is 2.60 bits per heavy atom. The highest BCUT2D eigenvalue weighted by atomic mass is 35.5. The molecule has 0 aromatic rings. The van der Waals surface area contributed by atoms with E-state index in [1.807, 2.05) is 0 Å². The fourth-order valence-corrected chi connectivity index (χ4v) is 2.60. The number of likely N-dealkylation sites (tertiary alicyclic amines) is 1. The Kier molecular flexibility index (Phi) is 10.6. The van der Waals surface area contributed by atoms with Crippen LogP contribution < -0.4 is 10.6 Å². The number of carbonyl (C=O) groups excluding carboxylic acids is 1. The molecule has 0 aromatic carbocycles. The Hall–Kier alpha value is -0.0300. The van der Waals surface area contributed by atoms with E-state index in [0.29, 0.717) is 12.6 Å². The van der Waals surface area contributed by atoms with Crippen molar-refractivity contribution in [2.45, 2.75) is 45.1 Å². The number of hydrogen-bond donors (Lipinski definition) is 2. The van der Waals surface area contributed by atoms with Crippen LogP contribution in [0.15, 0.2) is 0 Å². The molecule has 4 nitrogen and oxygen atoms in total. The molecule has 20 heavy (non-hydrogen) atoms. The molecule has 1 atom stereocenters. The summed E-state index contributed by atoms with van der Waals surface area (Å²) in [7, 11) is 0. The topological polar surface area (TPSA) is 44.4 Å². The van der Waals surface area contributed by atoms with Gasteiger partial charge in [-0.05, 0) is 51.6 Å². The summed E-state index contributed by atoms with van der Waals surface area (Å²) in [6.07, 6.45) is 6.64. The smallest absolute Gasteiger partial charge is 0.234 e. The SMILES string of the molecule is CC1CCCCN1CCNC(=O)CNCC1CC1.Cl.Cl. The summed E-state index contributed by atoms with van der Waals surface area (Å²) in [5, 5.41) is 6.22. The third-order valence-corrected chi connectivity index (χ3v) is 4.08. The molecular weight excluding hydrogens is 297 g/mol. The quantitative estimate of drug-likeness (QED) is 0.750. The fourth-order valence-electron chi connectivity index (χ4n) is 2.60. The first kappa shape index (κ1) is 20.0. The molecule has 2 rings (SSSR count). The Morgan fingerprint density at radius 2 is 1.95 bits per heavy atom. The zero-order valence-corrected chi connectivity index (χ0v) is 14.0. The van der Waals surface area contributed by atoms with Gasteiger partial charge in [-0.25, -0.2) is 0 Å². The van der Waals surface area contributed by atoms with Gasteiger partial charge in [0.05, 0.1) is 6.54 Å². The zero-order valence-electron chi connectivity index (χ0n) is 12.4. The first-order valence-corrected chi connectivity index (χ1v) is 7.47. The first-order valence-electron chi connectivity index (χ1n) is 7.47. The minimum atomic E-state index is 0. The van der Waals surface area contributed by atoms with Crippen LogP contribution in [0.1, 0.15) is 39.0 Å². The molecule has 2 fully saturated rings. The summed E-state index contributed by atoms with van der Waals surface area (Å²) in [5.41, 5.74) is 0. The monoisotopic (exact) mass is 325 g/mol. The number of halogens is 2. The molecule has 2 aliphatic rings. The molecule has 0 bridgehead atoms. The summed E-state index contributed by atoms with van der Waals surface area (Å²) in [6.45, 7) is 6.75. The van der Waals surface area contributed by atoms with Gasteiger partial charge in [0.25, 0.3) is 0 Å². The van der Waals surface area contributed by atoms with Crippen molar-refractivity contribution >= 4 is 30.7 Å². The lowest BCUT2D eigenvalue weighted by molar-refractivity contribution is -0.120. The molecule has 0 radical (unpaired) electrons. The van der Waals surface area contributed by atoms with E-state index in [1.54, 1.807) is 0 Å². The van der Waals surface area contributed by atoms with Crippen molar-refractivity contribution < 1.29 is 4.79 Å². The Bertz CT molecular complexity index is 275. The molecular formula is C14H29Cl2N3O. The first-order chi connectivity index (χ1) is 8.75. The number of nitrogens with one attached hydrogen (secondary N) is 2. The lowest BCUT2D eigenvalue weighted by Crippen LogP contribution is -2.44. The van der Waals surface area contributed by atoms with Crippen molar-refractivity contribution in [3.63, 3.8) is 0 Å². The molecule has 6 heteroatoms. The van der Waals surface area contributed by atoms with Crippen LogP contribution in [0.3, 0.4) is 0 Å². The third-order valence-electron chi connectivity index (χ3n) is 4.08. The maximum Gasteiger partial charge on any atom is 0.234 e. The van der Waals surface area contributed by atoms with Crippen LogP contribution in [-0.4, -0.2) is 49.6 Å². The Balaban J connectivity index is 0.00000180. The molecule has 1 saturated heterocycles. The predicted octanol–water partition coefficient (Wildman–Crippen LogP) is 1.82. The number of carbonyl (C=O) groups is 1. The van der Waals surface area contributed by atoms with Crippen molar-refractivity contribution in [2.75, 3.05) is 32.7 Å². The summed E-state index contributed by atoms with van der Waals surface area (Å²) in [4.78, 5) is 14.1. The molecule has 2 N–H and O–H groups in total. The molecule has 1 saturated carbocycles. The van der Waals surface area contributed by atoms with E-state index < -0.39 is 0 Å². The van der Waals surface area contributed by atoms with E-state index in [-0.39, 0.29) is 30.7 Å². The van der Waals surface area contributed by atoms with E-state index in [0.717, 1.165) is 25.6 Å². The molecule has 1 amide bonds. The van der Waals surface area contributed by atoms with Gasteiger partial charge in [0, 0.05) is 19.1 Å². The number of nitrogens with zero attached hydrogens (tertiary/aromatic N) is 1. The summed E-state index contributed by atoms with van der Waals surface area (Å²) < 4.78 is 0. The zero-order chi connectivity index (χ0) is 12.8. The Morgan fingerprint density at radius 1 is 1.20 bits per heavy atom. The van der Waals surface area contributed by atoms with Crippen molar-refractivity contribution in [1.82, 2.24) is 15.5 Å². The number of amides is 1. The van der Waals surface area contributed by atoms with Gasteiger partial charge in [0.1, 0.15) is 0 Å². The molecule has 120 valence electrons. The highest BCUT2D eigenvalue weighted by Gasteiger charge is 2.20. The van der Waals surface area contributed by atoms with Crippen LogP contribution in [0.2, 0.25) is 0 Å².